The van der Waals surface area contributed by atoms with E-state index in [9.17, 15) is 0 Å². The van der Waals surface area contributed by atoms with Crippen LogP contribution in [0.25, 0.3) is 0 Å². The van der Waals surface area contributed by atoms with Crippen molar-refractivity contribution in [1.29, 1.82) is 0 Å². The van der Waals surface area contributed by atoms with Crippen molar-refractivity contribution in [3.8, 4) is 0 Å². The Hall–Kier alpha value is -0.870. The smallest absolute Gasteiger partial charge is 0.0662 e. The Bertz CT molecular complexity index is 260. The maximum absolute atomic E-state index is 5.47. The molecule has 1 aromatic rings. The predicted molar refractivity (Wildman–Crippen MR) is 60.7 cm³/mol. The van der Waals surface area contributed by atoms with Crippen LogP contribution in [0.2, 0.25) is 0 Å². The predicted octanol–water partition coefficient (Wildman–Crippen LogP) is 1.42. The molecule has 0 aliphatic rings. The molecule has 0 spiro atoms. The SMILES string of the molecule is CCCCOCCn1cc(CNC)cn1. The number of aromatic nitrogens is 2. The summed E-state index contributed by atoms with van der Waals surface area (Å²) in [5, 5.41) is 7.35. The van der Waals surface area contributed by atoms with Gasteiger partial charge in [0.15, 0.2) is 0 Å². The molecule has 0 bridgehead atoms. The van der Waals surface area contributed by atoms with Crippen LogP contribution in [-0.2, 0) is 17.8 Å². The summed E-state index contributed by atoms with van der Waals surface area (Å²) in [6.45, 7) is 5.49. The van der Waals surface area contributed by atoms with E-state index in [0.717, 1.165) is 32.7 Å². The van der Waals surface area contributed by atoms with Crippen molar-refractivity contribution in [2.24, 2.45) is 0 Å². The number of hydrogen-bond donors (Lipinski definition) is 1. The molecule has 0 atom stereocenters. The molecular formula is C11H21N3O. The average Bonchev–Trinajstić information content (AvgIpc) is 2.66. The van der Waals surface area contributed by atoms with Gasteiger partial charge in [-0.1, -0.05) is 13.3 Å². The van der Waals surface area contributed by atoms with Gasteiger partial charge in [-0.25, -0.2) is 0 Å². The van der Waals surface area contributed by atoms with Crippen LogP contribution in [0.4, 0.5) is 0 Å². The quantitative estimate of drug-likeness (QED) is 0.661. The number of unbranched alkanes of at least 4 members (excludes halogenated alkanes) is 1. The Morgan fingerprint density at radius 2 is 2.33 bits per heavy atom. The molecule has 0 unspecified atom stereocenters. The van der Waals surface area contributed by atoms with E-state index in [2.05, 4.69) is 23.5 Å². The Balaban J connectivity index is 2.14. The normalized spacial score (nSPS) is 10.8. The molecule has 1 heterocycles. The molecule has 0 aliphatic carbocycles. The summed E-state index contributed by atoms with van der Waals surface area (Å²) in [6.07, 6.45) is 6.28. The Labute approximate surface area is 91.6 Å². The van der Waals surface area contributed by atoms with Crippen LogP contribution in [-0.4, -0.2) is 30.0 Å². The number of hydrogen-bond acceptors (Lipinski definition) is 3. The molecule has 1 rings (SSSR count). The van der Waals surface area contributed by atoms with E-state index in [1.54, 1.807) is 0 Å². The van der Waals surface area contributed by atoms with Crippen LogP contribution >= 0.6 is 0 Å². The molecule has 0 radical (unpaired) electrons. The fourth-order valence-electron chi connectivity index (χ4n) is 1.33. The van der Waals surface area contributed by atoms with Crippen molar-refractivity contribution in [3.63, 3.8) is 0 Å². The van der Waals surface area contributed by atoms with Crippen molar-refractivity contribution in [2.45, 2.75) is 32.9 Å². The van der Waals surface area contributed by atoms with E-state index < -0.39 is 0 Å². The molecule has 1 N–H and O–H groups in total. The van der Waals surface area contributed by atoms with Crippen molar-refractivity contribution >= 4 is 0 Å². The molecule has 1 aromatic heterocycles. The number of ether oxygens (including phenoxy) is 1. The highest BCUT2D eigenvalue weighted by molar-refractivity contribution is 5.02. The standard InChI is InChI=1S/C11H21N3O/c1-3-4-6-15-7-5-14-10-11(8-12-2)9-13-14/h9-10,12H,3-8H2,1-2H3. The third-order valence-corrected chi connectivity index (χ3v) is 2.17. The van der Waals surface area contributed by atoms with Gasteiger partial charge in [-0.3, -0.25) is 4.68 Å². The van der Waals surface area contributed by atoms with Crippen molar-refractivity contribution < 1.29 is 4.74 Å². The van der Waals surface area contributed by atoms with Gasteiger partial charge in [-0.05, 0) is 13.5 Å². The molecule has 0 saturated carbocycles. The van der Waals surface area contributed by atoms with E-state index in [1.807, 2.05) is 17.9 Å². The van der Waals surface area contributed by atoms with Crippen molar-refractivity contribution in [1.82, 2.24) is 15.1 Å². The van der Waals surface area contributed by atoms with Gasteiger partial charge in [-0.15, -0.1) is 0 Å². The Morgan fingerprint density at radius 1 is 1.47 bits per heavy atom. The van der Waals surface area contributed by atoms with Gasteiger partial charge in [0.1, 0.15) is 0 Å². The zero-order chi connectivity index (χ0) is 10.9. The van der Waals surface area contributed by atoms with Crippen LogP contribution in [0.3, 0.4) is 0 Å². The van der Waals surface area contributed by atoms with E-state index in [0.29, 0.717) is 0 Å². The zero-order valence-electron chi connectivity index (χ0n) is 9.70. The molecule has 0 aromatic carbocycles. The first-order valence-electron chi connectivity index (χ1n) is 5.60. The third-order valence-electron chi connectivity index (χ3n) is 2.17. The largest absolute Gasteiger partial charge is 0.380 e. The maximum Gasteiger partial charge on any atom is 0.0662 e. The third kappa shape index (κ3) is 4.95. The van der Waals surface area contributed by atoms with Gasteiger partial charge in [0.2, 0.25) is 0 Å². The van der Waals surface area contributed by atoms with Crippen LogP contribution in [0.15, 0.2) is 12.4 Å². The van der Waals surface area contributed by atoms with E-state index >= 15 is 0 Å². The van der Waals surface area contributed by atoms with Gasteiger partial charge in [-0.2, -0.15) is 5.10 Å². The first-order valence-corrected chi connectivity index (χ1v) is 5.60. The van der Waals surface area contributed by atoms with Crippen LogP contribution in [0, 0.1) is 0 Å². The minimum Gasteiger partial charge on any atom is -0.380 e. The fourth-order valence-corrected chi connectivity index (χ4v) is 1.33. The molecule has 86 valence electrons. The minimum atomic E-state index is 0.751. The first kappa shape index (κ1) is 12.2. The van der Waals surface area contributed by atoms with Gasteiger partial charge in [0, 0.05) is 24.9 Å². The number of nitrogens with one attached hydrogen (secondary N) is 1. The minimum absolute atomic E-state index is 0.751. The number of rotatable bonds is 8. The molecule has 0 saturated heterocycles. The second-order valence-corrected chi connectivity index (χ2v) is 3.61. The summed E-state index contributed by atoms with van der Waals surface area (Å²) >= 11 is 0. The second-order valence-electron chi connectivity index (χ2n) is 3.61. The van der Waals surface area contributed by atoms with Crippen LogP contribution in [0.1, 0.15) is 25.3 Å². The summed E-state index contributed by atoms with van der Waals surface area (Å²) < 4.78 is 7.40. The van der Waals surface area contributed by atoms with E-state index in [-0.39, 0.29) is 0 Å². The van der Waals surface area contributed by atoms with Crippen LogP contribution < -0.4 is 5.32 Å². The highest BCUT2D eigenvalue weighted by Crippen LogP contribution is 1.97. The van der Waals surface area contributed by atoms with Crippen molar-refractivity contribution in [3.05, 3.63) is 18.0 Å². The monoisotopic (exact) mass is 211 g/mol. The lowest BCUT2D eigenvalue weighted by atomic mass is 10.4. The molecule has 0 fully saturated rings. The van der Waals surface area contributed by atoms with E-state index in [4.69, 9.17) is 4.74 Å². The molecule has 4 heteroatoms. The number of nitrogens with zero attached hydrogens (tertiary/aromatic N) is 2. The molecule has 15 heavy (non-hydrogen) atoms. The lowest BCUT2D eigenvalue weighted by molar-refractivity contribution is 0.121. The van der Waals surface area contributed by atoms with Gasteiger partial charge in [0.25, 0.3) is 0 Å². The highest BCUT2D eigenvalue weighted by Gasteiger charge is 1.96. The van der Waals surface area contributed by atoms with Gasteiger partial charge >= 0.3 is 0 Å². The van der Waals surface area contributed by atoms with Gasteiger partial charge in [0.05, 0.1) is 19.3 Å². The second kappa shape index (κ2) is 7.43. The highest BCUT2D eigenvalue weighted by atomic mass is 16.5. The molecule has 0 amide bonds. The van der Waals surface area contributed by atoms with Crippen LogP contribution in [0.5, 0.6) is 0 Å². The lowest BCUT2D eigenvalue weighted by Gasteiger charge is -2.03. The maximum atomic E-state index is 5.47. The summed E-state index contributed by atoms with van der Waals surface area (Å²) in [5.74, 6) is 0. The summed E-state index contributed by atoms with van der Waals surface area (Å²) in [5.41, 5.74) is 1.21. The molecule has 4 nitrogen and oxygen atoms in total. The average molecular weight is 211 g/mol. The van der Waals surface area contributed by atoms with Crippen molar-refractivity contribution in [2.75, 3.05) is 20.3 Å². The summed E-state index contributed by atoms with van der Waals surface area (Å²) in [6, 6.07) is 0. The Kier molecular flexibility index (Phi) is 6.04. The first-order chi connectivity index (χ1) is 7.36. The zero-order valence-corrected chi connectivity index (χ0v) is 9.70. The summed E-state index contributed by atoms with van der Waals surface area (Å²) in [7, 11) is 1.94. The summed E-state index contributed by atoms with van der Waals surface area (Å²) in [4.78, 5) is 0. The Morgan fingerprint density at radius 3 is 3.07 bits per heavy atom. The molecular weight excluding hydrogens is 190 g/mol. The topological polar surface area (TPSA) is 39.1 Å². The van der Waals surface area contributed by atoms with E-state index in [1.165, 1.54) is 12.0 Å². The van der Waals surface area contributed by atoms with Gasteiger partial charge < -0.3 is 10.1 Å². The molecule has 0 aliphatic heterocycles. The lowest BCUT2D eigenvalue weighted by Crippen LogP contribution is -2.07. The fraction of sp³-hybridized carbons (Fsp3) is 0.727.